The van der Waals surface area contributed by atoms with E-state index < -0.39 is 10.8 Å². The molecule has 0 bridgehead atoms. The van der Waals surface area contributed by atoms with Crippen LogP contribution >= 0.6 is 0 Å². The van der Waals surface area contributed by atoms with Gasteiger partial charge in [-0.15, -0.1) is 0 Å². The Labute approximate surface area is 516 Å². The smallest absolute Gasteiger partial charge is 0.0725 e. The molecule has 4 aliphatic carbocycles. The van der Waals surface area contributed by atoms with Crippen molar-refractivity contribution in [2.24, 2.45) is 0 Å². The fourth-order valence-corrected chi connectivity index (χ4v) is 17.3. The van der Waals surface area contributed by atoms with Crippen molar-refractivity contribution in [2.75, 3.05) is 0 Å². The zero-order chi connectivity index (χ0) is 58.1. The number of fused-ring (bicyclic) bond motifs is 25. The largest absolute Gasteiger partial charge is 0.309 e. The molecular formula is C88H53N. The molecule has 1 aromatic heterocycles. The van der Waals surface area contributed by atoms with Crippen LogP contribution in [0.15, 0.2) is 322 Å². The summed E-state index contributed by atoms with van der Waals surface area (Å²) in [4.78, 5) is 0. The van der Waals surface area contributed by atoms with Crippen molar-refractivity contribution in [3.05, 3.63) is 366 Å². The molecule has 89 heavy (non-hydrogen) atoms. The molecule has 410 valence electrons. The highest BCUT2D eigenvalue weighted by Crippen LogP contribution is 2.65. The molecule has 4 aliphatic rings. The molecule has 0 unspecified atom stereocenters. The summed E-state index contributed by atoms with van der Waals surface area (Å²) >= 11 is 0. The lowest BCUT2D eigenvalue weighted by molar-refractivity contribution is 0.794. The lowest BCUT2D eigenvalue weighted by Crippen LogP contribution is -2.25. The molecule has 0 saturated heterocycles. The monoisotopic (exact) mass is 1120 g/mol. The molecule has 1 heteroatoms. The molecule has 0 radical (unpaired) electrons. The quantitative estimate of drug-likeness (QED) is 0.151. The summed E-state index contributed by atoms with van der Waals surface area (Å²) in [6, 6.07) is 122. The molecule has 1 nitrogen and oxygen atoms in total. The van der Waals surface area contributed by atoms with Crippen LogP contribution in [0.25, 0.3) is 138 Å². The third kappa shape index (κ3) is 6.38. The van der Waals surface area contributed by atoms with E-state index in [-0.39, 0.29) is 0 Å². The standard InChI is InChI=1S/C88H53N/c1-2-20-54(21-3-1)85-69-28-4-6-30-71(69)86(72-31-7-5-29-70(72)85)55-38-44-60(45-39-55)89-83-48-42-56(58-40-46-67-65-26-12-18-36-79(65)87(81(67)52-58)75-32-14-8-22-61(75)62-23-9-15-33-76(62)87)50-73(83)74-51-57(43-49-84(74)89)59-41-47-68-66-27-13-19-37-80(66)88(82(68)53-59)77-34-16-10-24-63(77)64-25-11-17-35-78(64)88/h1-53H. The fraction of sp³-hybridized carbons (Fsp3) is 0.0227. The van der Waals surface area contributed by atoms with Crippen molar-refractivity contribution < 1.29 is 0 Å². The van der Waals surface area contributed by atoms with Crippen LogP contribution in [0.3, 0.4) is 0 Å². The fourth-order valence-electron chi connectivity index (χ4n) is 17.3. The van der Waals surface area contributed by atoms with Crippen molar-refractivity contribution in [3.63, 3.8) is 0 Å². The van der Waals surface area contributed by atoms with Crippen LogP contribution in [0, 0.1) is 0 Å². The van der Waals surface area contributed by atoms with Gasteiger partial charge >= 0.3 is 0 Å². The molecule has 1 heterocycles. The Morgan fingerprint density at radius 1 is 0.180 bits per heavy atom. The van der Waals surface area contributed by atoms with Gasteiger partial charge in [0, 0.05) is 16.5 Å². The Kier molecular flexibility index (Phi) is 9.92. The summed E-state index contributed by atoms with van der Waals surface area (Å²) in [5.74, 6) is 0. The van der Waals surface area contributed by atoms with Crippen LogP contribution < -0.4 is 0 Å². The number of hydrogen-bond acceptors (Lipinski definition) is 0. The van der Waals surface area contributed by atoms with Gasteiger partial charge in [0.05, 0.1) is 21.9 Å². The predicted molar refractivity (Wildman–Crippen MR) is 370 cm³/mol. The van der Waals surface area contributed by atoms with E-state index in [0.29, 0.717) is 0 Å². The summed E-state index contributed by atoms with van der Waals surface area (Å²) in [5, 5.41) is 7.45. The molecule has 20 rings (SSSR count). The summed E-state index contributed by atoms with van der Waals surface area (Å²) in [6.45, 7) is 0. The number of nitrogens with zero attached hydrogens (tertiary/aromatic N) is 1. The maximum Gasteiger partial charge on any atom is 0.0725 e. The van der Waals surface area contributed by atoms with Gasteiger partial charge in [-0.1, -0.05) is 273 Å². The second kappa shape index (κ2) is 18.1. The van der Waals surface area contributed by atoms with Gasteiger partial charge in [-0.25, -0.2) is 0 Å². The molecule has 0 N–H and O–H groups in total. The molecule has 0 saturated carbocycles. The highest BCUT2D eigenvalue weighted by molar-refractivity contribution is 6.21. The first-order valence-corrected chi connectivity index (χ1v) is 31.2. The molecule has 0 atom stereocenters. The van der Waals surface area contributed by atoms with E-state index in [9.17, 15) is 0 Å². The van der Waals surface area contributed by atoms with E-state index in [2.05, 4.69) is 326 Å². The van der Waals surface area contributed by atoms with Gasteiger partial charge in [-0.3, -0.25) is 0 Å². The number of aromatic nitrogens is 1. The molecule has 2 spiro atoms. The maximum atomic E-state index is 2.52. The first-order valence-electron chi connectivity index (χ1n) is 31.2. The van der Waals surface area contributed by atoms with Crippen LogP contribution in [-0.2, 0) is 10.8 Å². The Hall–Kier alpha value is -11.4. The average molecular weight is 1120 g/mol. The van der Waals surface area contributed by atoms with E-state index in [1.165, 1.54) is 177 Å². The summed E-state index contributed by atoms with van der Waals surface area (Å²) in [5.41, 5.74) is 33.7. The molecular weight excluding hydrogens is 1070 g/mol. The van der Waals surface area contributed by atoms with Crippen LogP contribution in [0.1, 0.15) is 44.5 Å². The van der Waals surface area contributed by atoms with Crippen molar-refractivity contribution >= 4 is 43.4 Å². The number of rotatable bonds is 5. The number of hydrogen-bond donors (Lipinski definition) is 0. The molecule has 0 fully saturated rings. The van der Waals surface area contributed by atoms with E-state index in [1.54, 1.807) is 0 Å². The van der Waals surface area contributed by atoms with Gasteiger partial charge in [-0.05, 0) is 204 Å². The minimum atomic E-state index is -0.433. The van der Waals surface area contributed by atoms with Gasteiger partial charge in [-0.2, -0.15) is 0 Å². The highest BCUT2D eigenvalue weighted by Gasteiger charge is 2.53. The van der Waals surface area contributed by atoms with Crippen LogP contribution in [0.5, 0.6) is 0 Å². The normalized spacial score (nSPS) is 13.8. The Morgan fingerprint density at radius 3 is 0.809 bits per heavy atom. The van der Waals surface area contributed by atoms with Crippen molar-refractivity contribution in [2.45, 2.75) is 10.8 Å². The SMILES string of the molecule is c1ccc(-c2c3ccccc3c(-c3ccc(-n4c5ccc(-c6ccc7c(c6)C6(c8ccccc8-c8ccccc86)c6ccccc6-7)cc5c5cc(-c6ccc7c(c6)C6(c8ccccc8-c8ccccc86)c6ccccc6-7)ccc54)cc3)c3ccccc23)cc1. The van der Waals surface area contributed by atoms with Crippen molar-refractivity contribution in [1.29, 1.82) is 0 Å². The Morgan fingerprint density at radius 2 is 0.449 bits per heavy atom. The molecule has 15 aromatic carbocycles. The van der Waals surface area contributed by atoms with E-state index in [4.69, 9.17) is 0 Å². The predicted octanol–water partition coefficient (Wildman–Crippen LogP) is 22.4. The first kappa shape index (κ1) is 48.8. The molecule has 16 aromatic rings. The third-order valence-corrected chi connectivity index (χ3v) is 20.8. The van der Waals surface area contributed by atoms with Gasteiger partial charge in [0.25, 0.3) is 0 Å². The van der Waals surface area contributed by atoms with Gasteiger partial charge in [0.15, 0.2) is 0 Å². The first-order chi connectivity index (χ1) is 44.2. The van der Waals surface area contributed by atoms with Crippen molar-refractivity contribution in [3.8, 4) is 94.7 Å². The van der Waals surface area contributed by atoms with Gasteiger partial charge < -0.3 is 4.57 Å². The lowest BCUT2D eigenvalue weighted by Gasteiger charge is -2.30. The van der Waals surface area contributed by atoms with Crippen LogP contribution in [-0.4, -0.2) is 4.57 Å². The second-order valence-corrected chi connectivity index (χ2v) is 24.8. The maximum absolute atomic E-state index is 2.52. The van der Waals surface area contributed by atoms with Gasteiger partial charge in [0.2, 0.25) is 0 Å². The number of benzene rings is 15. The summed E-state index contributed by atoms with van der Waals surface area (Å²) < 4.78 is 2.50. The Balaban J connectivity index is 0.790. The zero-order valence-electron chi connectivity index (χ0n) is 48.5. The van der Waals surface area contributed by atoms with E-state index in [1.807, 2.05) is 0 Å². The van der Waals surface area contributed by atoms with Crippen LogP contribution in [0.2, 0.25) is 0 Å². The molecule has 0 aliphatic heterocycles. The van der Waals surface area contributed by atoms with Crippen molar-refractivity contribution in [1.82, 2.24) is 4.57 Å². The summed E-state index contributed by atoms with van der Waals surface area (Å²) in [7, 11) is 0. The van der Waals surface area contributed by atoms with Crippen LogP contribution in [0.4, 0.5) is 0 Å². The zero-order valence-corrected chi connectivity index (χ0v) is 48.5. The topological polar surface area (TPSA) is 4.93 Å². The third-order valence-electron chi connectivity index (χ3n) is 20.8. The second-order valence-electron chi connectivity index (χ2n) is 24.8. The van der Waals surface area contributed by atoms with Gasteiger partial charge in [0.1, 0.15) is 0 Å². The Bertz CT molecular complexity index is 5300. The lowest BCUT2D eigenvalue weighted by atomic mass is 9.70. The van der Waals surface area contributed by atoms with E-state index in [0.717, 1.165) is 5.69 Å². The minimum Gasteiger partial charge on any atom is -0.309 e. The minimum absolute atomic E-state index is 0.433. The van der Waals surface area contributed by atoms with E-state index >= 15 is 0 Å². The molecule has 0 amide bonds. The average Bonchev–Trinajstić information content (AvgIpc) is 1.53. The summed E-state index contributed by atoms with van der Waals surface area (Å²) in [6.07, 6.45) is 0. The highest BCUT2D eigenvalue weighted by atomic mass is 15.0.